The minimum absolute atomic E-state index is 0.183. The quantitative estimate of drug-likeness (QED) is 0.432. The van der Waals surface area contributed by atoms with Crippen molar-refractivity contribution < 1.29 is 13.9 Å². The van der Waals surface area contributed by atoms with Gasteiger partial charge in [-0.05, 0) is 12.5 Å². The van der Waals surface area contributed by atoms with E-state index in [1.54, 1.807) is 11.8 Å². The van der Waals surface area contributed by atoms with E-state index in [0.717, 1.165) is 5.57 Å². The standard InChI is InChI=1S/C11H17ClFNO2/c1-7(8(2)12)5-14-6-9(13)4-10(14)11(15)16-3/h8-10H,1,4-6H2,2-3H3/t8?,9-,10?/m1/s1. The van der Waals surface area contributed by atoms with E-state index in [1.807, 2.05) is 0 Å². The molecule has 0 aliphatic carbocycles. The molecule has 0 radical (unpaired) electrons. The van der Waals surface area contributed by atoms with E-state index in [2.05, 4.69) is 11.3 Å². The van der Waals surface area contributed by atoms with Crippen LogP contribution in [0.5, 0.6) is 0 Å². The van der Waals surface area contributed by atoms with Crippen molar-refractivity contribution in [1.82, 2.24) is 4.90 Å². The number of hydrogen-bond donors (Lipinski definition) is 0. The van der Waals surface area contributed by atoms with E-state index in [4.69, 9.17) is 11.6 Å². The summed E-state index contributed by atoms with van der Waals surface area (Å²) in [4.78, 5) is 13.2. The molecule has 0 saturated carbocycles. The zero-order valence-corrected chi connectivity index (χ0v) is 10.3. The van der Waals surface area contributed by atoms with Crippen molar-refractivity contribution in [3.8, 4) is 0 Å². The molecule has 0 bridgehead atoms. The van der Waals surface area contributed by atoms with Gasteiger partial charge in [-0.1, -0.05) is 6.58 Å². The van der Waals surface area contributed by atoms with Gasteiger partial charge in [0.05, 0.1) is 12.5 Å². The van der Waals surface area contributed by atoms with Crippen LogP contribution in [-0.2, 0) is 9.53 Å². The molecule has 0 spiro atoms. The van der Waals surface area contributed by atoms with Crippen LogP contribution in [0.2, 0.25) is 0 Å². The molecule has 92 valence electrons. The molecule has 1 aliphatic heterocycles. The molecule has 3 atom stereocenters. The lowest BCUT2D eigenvalue weighted by Gasteiger charge is -2.23. The molecule has 3 nitrogen and oxygen atoms in total. The maximum atomic E-state index is 13.3. The molecular formula is C11H17ClFNO2. The van der Waals surface area contributed by atoms with Gasteiger partial charge in [0.2, 0.25) is 0 Å². The van der Waals surface area contributed by atoms with Crippen LogP contribution in [-0.4, -0.2) is 48.7 Å². The van der Waals surface area contributed by atoms with E-state index in [9.17, 15) is 9.18 Å². The monoisotopic (exact) mass is 249 g/mol. The first-order valence-corrected chi connectivity index (χ1v) is 5.67. The molecule has 0 aromatic rings. The number of ether oxygens (including phenoxy) is 1. The van der Waals surface area contributed by atoms with Gasteiger partial charge in [-0.3, -0.25) is 9.69 Å². The maximum Gasteiger partial charge on any atom is 0.323 e. The number of rotatable bonds is 4. The van der Waals surface area contributed by atoms with Gasteiger partial charge in [0.1, 0.15) is 12.2 Å². The topological polar surface area (TPSA) is 29.5 Å². The molecule has 1 heterocycles. The van der Waals surface area contributed by atoms with Crippen molar-refractivity contribution in [2.24, 2.45) is 0 Å². The van der Waals surface area contributed by atoms with Crippen LogP contribution >= 0.6 is 11.6 Å². The summed E-state index contributed by atoms with van der Waals surface area (Å²) in [6.45, 7) is 6.29. The van der Waals surface area contributed by atoms with E-state index < -0.39 is 18.2 Å². The lowest BCUT2D eigenvalue weighted by atomic mass is 10.2. The van der Waals surface area contributed by atoms with Crippen molar-refractivity contribution in [3.63, 3.8) is 0 Å². The Kier molecular flexibility index (Phi) is 4.74. The SMILES string of the molecule is C=C(CN1C[C@H](F)CC1C(=O)OC)C(C)Cl. The second kappa shape index (κ2) is 5.64. The zero-order chi connectivity index (χ0) is 12.3. The maximum absolute atomic E-state index is 13.3. The summed E-state index contributed by atoms with van der Waals surface area (Å²) in [5, 5.41) is -0.183. The normalized spacial score (nSPS) is 27.8. The van der Waals surface area contributed by atoms with Crippen molar-refractivity contribution in [3.05, 3.63) is 12.2 Å². The fourth-order valence-electron chi connectivity index (χ4n) is 1.79. The predicted molar refractivity (Wildman–Crippen MR) is 61.3 cm³/mol. The Hall–Kier alpha value is -0.610. The third-order valence-corrected chi connectivity index (χ3v) is 3.10. The van der Waals surface area contributed by atoms with Gasteiger partial charge in [-0.25, -0.2) is 4.39 Å². The van der Waals surface area contributed by atoms with Crippen molar-refractivity contribution in [2.75, 3.05) is 20.2 Å². The number of methoxy groups -OCH3 is 1. The minimum Gasteiger partial charge on any atom is -0.468 e. The zero-order valence-electron chi connectivity index (χ0n) is 9.58. The van der Waals surface area contributed by atoms with Crippen LogP contribution in [0.15, 0.2) is 12.2 Å². The van der Waals surface area contributed by atoms with Gasteiger partial charge in [-0.2, -0.15) is 0 Å². The highest BCUT2D eigenvalue weighted by atomic mass is 35.5. The second-order valence-corrected chi connectivity index (χ2v) is 4.73. The predicted octanol–water partition coefficient (Wildman–Crippen LogP) is 1.76. The van der Waals surface area contributed by atoms with Gasteiger partial charge < -0.3 is 4.74 Å². The summed E-state index contributed by atoms with van der Waals surface area (Å²) in [6.07, 6.45) is -0.793. The molecule has 5 heteroatoms. The molecule has 1 saturated heterocycles. The number of nitrogens with zero attached hydrogens (tertiary/aromatic N) is 1. The molecule has 0 N–H and O–H groups in total. The largest absolute Gasteiger partial charge is 0.468 e. The highest BCUT2D eigenvalue weighted by molar-refractivity contribution is 6.22. The Bertz CT molecular complexity index is 283. The molecule has 0 aromatic carbocycles. The first-order valence-electron chi connectivity index (χ1n) is 5.23. The lowest BCUT2D eigenvalue weighted by Crippen LogP contribution is -2.38. The number of carbonyl (C=O) groups excluding carboxylic acids is 1. The highest BCUT2D eigenvalue weighted by Gasteiger charge is 2.37. The van der Waals surface area contributed by atoms with Gasteiger partial charge in [-0.15, -0.1) is 11.6 Å². The summed E-state index contributed by atoms with van der Waals surface area (Å²) < 4.78 is 17.9. The van der Waals surface area contributed by atoms with E-state index in [0.29, 0.717) is 6.54 Å². The third-order valence-electron chi connectivity index (χ3n) is 2.79. The smallest absolute Gasteiger partial charge is 0.323 e. The Morgan fingerprint density at radius 3 is 2.88 bits per heavy atom. The van der Waals surface area contributed by atoms with Gasteiger partial charge in [0.25, 0.3) is 0 Å². The fourth-order valence-corrected chi connectivity index (χ4v) is 1.86. The van der Waals surface area contributed by atoms with Crippen molar-refractivity contribution in [2.45, 2.75) is 30.9 Å². The summed E-state index contributed by atoms with van der Waals surface area (Å²) in [5.74, 6) is -0.393. The number of hydrogen-bond acceptors (Lipinski definition) is 3. The Balaban J connectivity index is 2.63. The molecule has 1 aliphatic rings. The van der Waals surface area contributed by atoms with Gasteiger partial charge in [0.15, 0.2) is 0 Å². The molecule has 1 fully saturated rings. The lowest BCUT2D eigenvalue weighted by molar-refractivity contribution is -0.145. The first-order chi connectivity index (χ1) is 7.45. The molecule has 16 heavy (non-hydrogen) atoms. The molecule has 0 amide bonds. The summed E-state index contributed by atoms with van der Waals surface area (Å²) in [5.41, 5.74) is 0.782. The van der Waals surface area contributed by atoms with Crippen LogP contribution < -0.4 is 0 Å². The van der Waals surface area contributed by atoms with Crippen LogP contribution in [0.4, 0.5) is 4.39 Å². The fraction of sp³-hybridized carbons (Fsp3) is 0.727. The molecule has 1 rings (SSSR count). The van der Waals surface area contributed by atoms with Crippen molar-refractivity contribution in [1.29, 1.82) is 0 Å². The number of likely N-dealkylation sites (tertiary alicyclic amines) is 1. The number of halogens is 2. The third kappa shape index (κ3) is 3.19. The minimum atomic E-state index is -0.984. The summed E-state index contributed by atoms with van der Waals surface area (Å²) in [6, 6.07) is -0.507. The Labute approximate surface area is 100 Å². The van der Waals surface area contributed by atoms with E-state index >= 15 is 0 Å². The van der Waals surface area contributed by atoms with Crippen LogP contribution in [0.3, 0.4) is 0 Å². The summed E-state index contributed by atoms with van der Waals surface area (Å²) >= 11 is 5.87. The molecule has 2 unspecified atom stereocenters. The summed E-state index contributed by atoms with van der Waals surface area (Å²) in [7, 11) is 1.31. The average Bonchev–Trinajstić information content (AvgIpc) is 2.58. The van der Waals surface area contributed by atoms with Crippen LogP contribution in [0.25, 0.3) is 0 Å². The Morgan fingerprint density at radius 2 is 2.38 bits per heavy atom. The van der Waals surface area contributed by atoms with Crippen molar-refractivity contribution >= 4 is 17.6 Å². The highest BCUT2D eigenvalue weighted by Crippen LogP contribution is 2.23. The second-order valence-electron chi connectivity index (χ2n) is 4.08. The number of alkyl halides is 2. The van der Waals surface area contributed by atoms with Gasteiger partial charge >= 0.3 is 5.97 Å². The van der Waals surface area contributed by atoms with Crippen LogP contribution in [0, 0.1) is 0 Å². The van der Waals surface area contributed by atoms with Gasteiger partial charge in [0, 0.05) is 19.5 Å². The van der Waals surface area contributed by atoms with E-state index in [-0.39, 0.29) is 18.3 Å². The first kappa shape index (κ1) is 13.5. The average molecular weight is 250 g/mol. The van der Waals surface area contributed by atoms with Crippen LogP contribution in [0.1, 0.15) is 13.3 Å². The number of esters is 1. The van der Waals surface area contributed by atoms with E-state index in [1.165, 1.54) is 7.11 Å². The Morgan fingerprint density at radius 1 is 1.75 bits per heavy atom. The molecular weight excluding hydrogens is 233 g/mol. The molecule has 0 aromatic heterocycles. The number of carbonyl (C=O) groups is 1.